The number of ether oxygens (including phenoxy) is 1. The summed E-state index contributed by atoms with van der Waals surface area (Å²) in [4.78, 5) is 28.1. The molecule has 7 rings (SSSR count). The molecule has 0 radical (unpaired) electrons. The van der Waals surface area contributed by atoms with Crippen LogP contribution in [0.5, 0.6) is 5.75 Å². The number of sulfonamides is 1. The number of aryl methyl sites for hydroxylation is 1. The summed E-state index contributed by atoms with van der Waals surface area (Å²) in [6, 6.07) is 23.4. The number of pyridine rings is 2. The lowest BCUT2D eigenvalue weighted by molar-refractivity contribution is -0.127. The Morgan fingerprint density at radius 3 is 2.39 bits per heavy atom. The van der Waals surface area contributed by atoms with Gasteiger partial charge in [0.1, 0.15) is 11.5 Å². The Labute approximate surface area is 267 Å². The molecule has 0 bridgehead atoms. The first-order chi connectivity index (χ1) is 22.4. The lowest BCUT2D eigenvalue weighted by Crippen LogP contribution is -2.60. The summed E-state index contributed by atoms with van der Waals surface area (Å²) in [5, 5.41) is -0.205. The van der Waals surface area contributed by atoms with E-state index in [4.69, 9.17) is 9.15 Å². The Hall–Kier alpha value is -5.00. The molecule has 10 nitrogen and oxygen atoms in total. The van der Waals surface area contributed by atoms with Gasteiger partial charge in [0, 0.05) is 67.1 Å². The molecule has 3 aromatic heterocycles. The third-order valence-electron chi connectivity index (χ3n) is 8.65. The monoisotopic (exact) mass is 635 g/mol. The van der Waals surface area contributed by atoms with E-state index in [9.17, 15) is 8.42 Å². The highest BCUT2D eigenvalue weighted by atomic mass is 32.2. The van der Waals surface area contributed by atoms with Crippen LogP contribution < -0.4 is 13.9 Å². The summed E-state index contributed by atoms with van der Waals surface area (Å²) >= 11 is 0. The van der Waals surface area contributed by atoms with Gasteiger partial charge < -0.3 is 14.1 Å². The van der Waals surface area contributed by atoms with Gasteiger partial charge in [-0.15, -0.1) is 0 Å². The number of amides is 1. The second kappa shape index (κ2) is 11.7. The van der Waals surface area contributed by atoms with Gasteiger partial charge in [0.05, 0.1) is 18.6 Å². The number of aromatic nitrogens is 2. The van der Waals surface area contributed by atoms with Crippen molar-refractivity contribution in [2.24, 2.45) is 0 Å². The lowest BCUT2D eigenvalue weighted by Gasteiger charge is -2.46. The molecule has 46 heavy (non-hydrogen) atoms. The molecule has 1 fully saturated rings. The third-order valence-corrected chi connectivity index (χ3v) is 10.3. The van der Waals surface area contributed by atoms with Crippen molar-refractivity contribution in [3.63, 3.8) is 0 Å². The van der Waals surface area contributed by atoms with Gasteiger partial charge in [0.15, 0.2) is 10.6 Å². The normalized spacial score (nSPS) is 18.5. The number of hydrogen-bond acceptors (Lipinski definition) is 9. The maximum atomic E-state index is 15.4. The Morgan fingerprint density at radius 1 is 0.913 bits per heavy atom. The Bertz CT molecular complexity index is 1980. The smallest absolute Gasteiger partial charge is 0.288 e. The summed E-state index contributed by atoms with van der Waals surface area (Å²) in [5.41, 5.74) is 2.40. The predicted molar refractivity (Wildman–Crippen MR) is 174 cm³/mol. The summed E-state index contributed by atoms with van der Waals surface area (Å²) in [5.74, 6) is 0.509. The number of carbonyl (C=O) groups is 1. The average molecular weight is 636 g/mol. The van der Waals surface area contributed by atoms with Crippen molar-refractivity contribution < 1.29 is 22.4 Å². The fraction of sp³-hybridized carbons (Fsp3) is 0.229. The van der Waals surface area contributed by atoms with E-state index in [0.717, 1.165) is 21.1 Å². The number of benzene rings is 2. The summed E-state index contributed by atoms with van der Waals surface area (Å²) in [6.07, 6.45) is 6.60. The maximum absolute atomic E-state index is 15.4. The molecule has 2 aliphatic rings. The molecule has 1 unspecified atom stereocenters. The zero-order chi connectivity index (χ0) is 31.9. The van der Waals surface area contributed by atoms with Gasteiger partial charge in [-0.2, -0.15) is 12.7 Å². The Balaban J connectivity index is 1.46. The van der Waals surface area contributed by atoms with Crippen LogP contribution in [0.2, 0.25) is 0 Å². The van der Waals surface area contributed by atoms with Crippen molar-refractivity contribution in [1.82, 2.24) is 14.9 Å². The summed E-state index contributed by atoms with van der Waals surface area (Å²) in [7, 11) is -4.42. The van der Waals surface area contributed by atoms with E-state index in [1.165, 1.54) is 12.3 Å². The van der Waals surface area contributed by atoms with E-state index in [-0.39, 0.29) is 10.7 Å². The Kier molecular flexibility index (Phi) is 7.58. The van der Waals surface area contributed by atoms with Gasteiger partial charge in [-0.3, -0.25) is 14.7 Å². The van der Waals surface area contributed by atoms with Gasteiger partial charge in [-0.1, -0.05) is 24.3 Å². The van der Waals surface area contributed by atoms with E-state index >= 15 is 4.79 Å². The zero-order valence-electron chi connectivity index (χ0n) is 25.5. The van der Waals surface area contributed by atoms with Crippen LogP contribution in [-0.4, -0.2) is 62.0 Å². The van der Waals surface area contributed by atoms with Crippen LogP contribution in [0.25, 0.3) is 11.3 Å². The van der Waals surface area contributed by atoms with Crippen LogP contribution in [-0.2, 0) is 20.4 Å². The van der Waals surface area contributed by atoms with Crippen LogP contribution in [0.1, 0.15) is 23.6 Å². The van der Waals surface area contributed by atoms with Crippen LogP contribution in [0.15, 0.2) is 113 Å². The van der Waals surface area contributed by atoms with E-state index < -0.39 is 21.5 Å². The van der Waals surface area contributed by atoms with Crippen molar-refractivity contribution >= 4 is 27.3 Å². The number of anilines is 2. The van der Waals surface area contributed by atoms with Gasteiger partial charge >= 0.3 is 0 Å². The van der Waals surface area contributed by atoms with Gasteiger partial charge in [0.2, 0.25) is 0 Å². The largest absolute Gasteiger partial charge is 0.493 e. The second-order valence-electron chi connectivity index (χ2n) is 11.3. The molecule has 1 atom stereocenters. The molecule has 2 aromatic carbocycles. The number of para-hydroxylation sites is 1. The van der Waals surface area contributed by atoms with Crippen LogP contribution in [0.4, 0.5) is 11.4 Å². The molecular weight excluding hydrogens is 602 g/mol. The molecule has 5 aromatic rings. The SMILES string of the molecule is CCOc1ccccc1C1(N2CCN(c3ccncc3)CC2)C(=O)N(S(=O)(=O)c2ccc(C)cn2)c2ccc(-c3ccco3)cc21. The summed E-state index contributed by atoms with van der Waals surface area (Å²) < 4.78 is 41.7. The minimum atomic E-state index is -4.42. The number of hydrogen-bond donors (Lipinski definition) is 0. The van der Waals surface area contributed by atoms with Crippen LogP contribution in [0.3, 0.4) is 0 Å². The van der Waals surface area contributed by atoms with Crippen molar-refractivity contribution in [1.29, 1.82) is 0 Å². The second-order valence-corrected chi connectivity index (χ2v) is 13.0. The van der Waals surface area contributed by atoms with Crippen LogP contribution in [0, 0.1) is 6.92 Å². The van der Waals surface area contributed by atoms with E-state index in [1.54, 1.807) is 42.9 Å². The maximum Gasteiger partial charge on any atom is 0.288 e. The molecule has 2 aliphatic heterocycles. The van der Waals surface area contributed by atoms with Gasteiger partial charge in [-0.25, -0.2) is 4.98 Å². The number of piperazine rings is 1. The first-order valence-corrected chi connectivity index (χ1v) is 16.6. The number of nitrogens with zero attached hydrogens (tertiary/aromatic N) is 5. The van der Waals surface area contributed by atoms with E-state index in [2.05, 4.69) is 19.8 Å². The fourth-order valence-corrected chi connectivity index (χ4v) is 7.93. The standard InChI is InChI=1S/C35H33N5O5S/c1-3-44-32-8-5-4-7-28(32)35(39-20-18-38(19-21-39)27-14-16-36-17-15-27)29-23-26(31-9-6-22-45-31)11-12-30(29)40(34(35)41)46(42,43)33-13-10-25(2)24-37-33/h4-17,22-24H,3,18-21H2,1-2H3. The third kappa shape index (κ3) is 4.74. The zero-order valence-corrected chi connectivity index (χ0v) is 26.4. The quantitative estimate of drug-likeness (QED) is 0.226. The average Bonchev–Trinajstić information content (AvgIpc) is 3.71. The number of rotatable bonds is 8. The van der Waals surface area contributed by atoms with Crippen molar-refractivity contribution in [2.75, 3.05) is 42.0 Å². The Morgan fingerprint density at radius 2 is 1.70 bits per heavy atom. The molecule has 1 amide bonds. The van der Waals surface area contributed by atoms with Crippen molar-refractivity contribution in [2.45, 2.75) is 24.4 Å². The first-order valence-electron chi connectivity index (χ1n) is 15.2. The predicted octanol–water partition coefficient (Wildman–Crippen LogP) is 5.25. The molecule has 0 aliphatic carbocycles. The molecule has 5 heterocycles. The summed E-state index contributed by atoms with van der Waals surface area (Å²) in [6.45, 7) is 6.23. The van der Waals surface area contributed by atoms with Crippen molar-refractivity contribution in [3.8, 4) is 17.1 Å². The fourth-order valence-electron chi connectivity index (χ4n) is 6.55. The molecular formula is C35H33N5O5S. The molecule has 0 spiro atoms. The minimum Gasteiger partial charge on any atom is -0.493 e. The number of furan rings is 1. The molecule has 1 saturated heterocycles. The minimum absolute atomic E-state index is 0.205. The van der Waals surface area contributed by atoms with Crippen LogP contribution >= 0.6 is 0 Å². The number of carbonyl (C=O) groups excluding carboxylic acids is 1. The van der Waals surface area contributed by atoms with Gasteiger partial charge in [0.25, 0.3) is 15.9 Å². The lowest BCUT2D eigenvalue weighted by atomic mass is 9.80. The number of fused-ring (bicyclic) bond motifs is 1. The molecule has 234 valence electrons. The molecule has 0 saturated carbocycles. The van der Waals surface area contributed by atoms with E-state index in [0.29, 0.717) is 55.4 Å². The molecule has 0 N–H and O–H groups in total. The highest BCUT2D eigenvalue weighted by Crippen LogP contribution is 2.53. The first kappa shape index (κ1) is 29.7. The van der Waals surface area contributed by atoms with Crippen molar-refractivity contribution in [3.05, 3.63) is 120 Å². The topological polar surface area (TPSA) is 109 Å². The van der Waals surface area contributed by atoms with Gasteiger partial charge in [-0.05, 0) is 74.0 Å². The highest BCUT2D eigenvalue weighted by Gasteiger charge is 2.60. The molecule has 11 heteroatoms. The highest BCUT2D eigenvalue weighted by molar-refractivity contribution is 7.93. The van der Waals surface area contributed by atoms with E-state index in [1.807, 2.05) is 62.4 Å².